The molecule has 1 fully saturated rings. The second-order valence-electron chi connectivity index (χ2n) is 5.82. The summed E-state index contributed by atoms with van der Waals surface area (Å²) in [5.41, 5.74) is 1.38. The van der Waals surface area contributed by atoms with Crippen molar-refractivity contribution in [2.24, 2.45) is 5.92 Å². The van der Waals surface area contributed by atoms with Gasteiger partial charge in [0, 0.05) is 6.54 Å². The molecule has 1 N–H and O–H groups in total. The van der Waals surface area contributed by atoms with E-state index < -0.39 is 5.97 Å². The molecule has 0 saturated carbocycles. The average Bonchev–Trinajstić information content (AvgIpc) is 2.65. The highest BCUT2D eigenvalue weighted by Crippen LogP contribution is 2.23. The SMILES string of the molecule is CCCC1CCCN(Cc2ccccc2C(=O)O)CC1. The van der Waals surface area contributed by atoms with Gasteiger partial charge in [-0.15, -0.1) is 0 Å². The van der Waals surface area contributed by atoms with E-state index in [-0.39, 0.29) is 0 Å². The predicted octanol–water partition coefficient (Wildman–Crippen LogP) is 3.79. The summed E-state index contributed by atoms with van der Waals surface area (Å²) in [5.74, 6) is 0.0407. The van der Waals surface area contributed by atoms with E-state index in [4.69, 9.17) is 0 Å². The topological polar surface area (TPSA) is 40.5 Å². The van der Waals surface area contributed by atoms with Gasteiger partial charge in [0.15, 0.2) is 0 Å². The number of carboxylic acids is 1. The molecule has 3 nitrogen and oxygen atoms in total. The maximum absolute atomic E-state index is 11.3. The zero-order valence-electron chi connectivity index (χ0n) is 12.3. The van der Waals surface area contributed by atoms with Gasteiger partial charge in [-0.05, 0) is 49.9 Å². The summed E-state index contributed by atoms with van der Waals surface area (Å²) in [7, 11) is 0. The van der Waals surface area contributed by atoms with E-state index in [0.717, 1.165) is 31.1 Å². The number of carboxylic acid groups (broad SMARTS) is 1. The zero-order valence-corrected chi connectivity index (χ0v) is 12.3. The van der Waals surface area contributed by atoms with Crippen molar-refractivity contribution in [3.63, 3.8) is 0 Å². The van der Waals surface area contributed by atoms with Crippen molar-refractivity contribution >= 4 is 5.97 Å². The van der Waals surface area contributed by atoms with Gasteiger partial charge in [0.1, 0.15) is 0 Å². The van der Waals surface area contributed by atoms with E-state index in [1.54, 1.807) is 12.1 Å². The fourth-order valence-corrected chi connectivity index (χ4v) is 3.19. The van der Waals surface area contributed by atoms with Crippen LogP contribution in [0.1, 0.15) is 54.9 Å². The first-order valence-corrected chi connectivity index (χ1v) is 7.74. The molecule has 1 heterocycles. The third kappa shape index (κ3) is 4.07. The lowest BCUT2D eigenvalue weighted by Gasteiger charge is -2.21. The Bertz CT molecular complexity index is 444. The van der Waals surface area contributed by atoms with E-state index in [0.29, 0.717) is 5.56 Å². The van der Waals surface area contributed by atoms with Crippen LogP contribution >= 0.6 is 0 Å². The Morgan fingerprint density at radius 3 is 2.85 bits per heavy atom. The van der Waals surface area contributed by atoms with Gasteiger partial charge < -0.3 is 5.11 Å². The van der Waals surface area contributed by atoms with Crippen LogP contribution in [0.15, 0.2) is 24.3 Å². The second-order valence-corrected chi connectivity index (χ2v) is 5.82. The van der Waals surface area contributed by atoms with Gasteiger partial charge in [-0.3, -0.25) is 4.90 Å². The normalized spacial score (nSPS) is 20.6. The molecule has 1 aromatic rings. The number of rotatable bonds is 5. The van der Waals surface area contributed by atoms with Crippen LogP contribution in [0.5, 0.6) is 0 Å². The minimum Gasteiger partial charge on any atom is -0.478 e. The number of nitrogens with zero attached hydrogens (tertiary/aromatic N) is 1. The molecule has 0 spiro atoms. The second kappa shape index (κ2) is 7.44. The molecule has 0 bridgehead atoms. The third-order valence-corrected chi connectivity index (χ3v) is 4.28. The van der Waals surface area contributed by atoms with Gasteiger partial charge in [-0.25, -0.2) is 4.79 Å². The molecule has 3 heteroatoms. The molecule has 1 aromatic carbocycles. The van der Waals surface area contributed by atoms with Crippen molar-refractivity contribution in [3.05, 3.63) is 35.4 Å². The maximum Gasteiger partial charge on any atom is 0.336 e. The standard InChI is InChI=1S/C17H25NO2/c1-2-6-14-7-5-11-18(12-10-14)13-15-8-3-4-9-16(15)17(19)20/h3-4,8-9,14H,2,5-7,10-13H2,1H3,(H,19,20). The van der Waals surface area contributed by atoms with Crippen LogP contribution in [0.2, 0.25) is 0 Å². The molecule has 2 rings (SSSR count). The largest absolute Gasteiger partial charge is 0.478 e. The fraction of sp³-hybridized carbons (Fsp3) is 0.588. The van der Waals surface area contributed by atoms with Gasteiger partial charge in [-0.2, -0.15) is 0 Å². The Kier molecular flexibility index (Phi) is 5.60. The molecule has 0 radical (unpaired) electrons. The van der Waals surface area contributed by atoms with Crippen molar-refractivity contribution in [3.8, 4) is 0 Å². The molecule has 0 aromatic heterocycles. The molecule has 1 aliphatic heterocycles. The molecule has 1 saturated heterocycles. The van der Waals surface area contributed by atoms with Crippen LogP contribution in [0, 0.1) is 5.92 Å². The van der Waals surface area contributed by atoms with E-state index in [1.807, 2.05) is 12.1 Å². The highest BCUT2D eigenvalue weighted by molar-refractivity contribution is 5.89. The molecule has 110 valence electrons. The van der Waals surface area contributed by atoms with Crippen LogP contribution < -0.4 is 0 Å². The van der Waals surface area contributed by atoms with E-state index in [9.17, 15) is 9.90 Å². The van der Waals surface area contributed by atoms with E-state index in [2.05, 4.69) is 11.8 Å². The minimum absolute atomic E-state index is 0.446. The zero-order chi connectivity index (χ0) is 14.4. The molecular weight excluding hydrogens is 250 g/mol. The highest BCUT2D eigenvalue weighted by Gasteiger charge is 2.18. The van der Waals surface area contributed by atoms with Gasteiger partial charge in [-0.1, -0.05) is 38.0 Å². The summed E-state index contributed by atoms with van der Waals surface area (Å²) in [6, 6.07) is 7.37. The van der Waals surface area contributed by atoms with Gasteiger partial charge >= 0.3 is 5.97 Å². The molecule has 1 unspecified atom stereocenters. The molecule has 0 amide bonds. The third-order valence-electron chi connectivity index (χ3n) is 4.28. The summed E-state index contributed by atoms with van der Waals surface area (Å²) in [5, 5.41) is 9.24. The van der Waals surface area contributed by atoms with Crippen molar-refractivity contribution in [2.45, 2.75) is 45.6 Å². The minimum atomic E-state index is -0.820. The van der Waals surface area contributed by atoms with Gasteiger partial charge in [0.2, 0.25) is 0 Å². The van der Waals surface area contributed by atoms with E-state index in [1.165, 1.54) is 32.1 Å². The monoisotopic (exact) mass is 275 g/mol. The van der Waals surface area contributed by atoms with Gasteiger partial charge in [0.05, 0.1) is 5.56 Å². The number of aromatic carboxylic acids is 1. The molecule has 1 aliphatic rings. The summed E-state index contributed by atoms with van der Waals surface area (Å²) in [6.45, 7) is 5.21. The van der Waals surface area contributed by atoms with Crippen LogP contribution in [-0.4, -0.2) is 29.1 Å². The van der Waals surface area contributed by atoms with Crippen LogP contribution in [0.3, 0.4) is 0 Å². The Balaban J connectivity index is 1.98. The highest BCUT2D eigenvalue weighted by atomic mass is 16.4. The number of carbonyl (C=O) groups is 1. The van der Waals surface area contributed by atoms with Crippen LogP contribution in [-0.2, 0) is 6.54 Å². The van der Waals surface area contributed by atoms with Crippen molar-refractivity contribution in [1.29, 1.82) is 0 Å². The Hall–Kier alpha value is -1.35. The number of hydrogen-bond donors (Lipinski definition) is 1. The first-order valence-electron chi connectivity index (χ1n) is 7.74. The first kappa shape index (κ1) is 15.0. The number of benzene rings is 1. The first-order chi connectivity index (χ1) is 9.70. The lowest BCUT2D eigenvalue weighted by molar-refractivity contribution is 0.0694. The Labute approximate surface area is 121 Å². The van der Waals surface area contributed by atoms with Crippen LogP contribution in [0.25, 0.3) is 0 Å². The molecular formula is C17H25NO2. The molecule has 0 aliphatic carbocycles. The van der Waals surface area contributed by atoms with Crippen molar-refractivity contribution < 1.29 is 9.90 Å². The summed E-state index contributed by atoms with van der Waals surface area (Å²) in [4.78, 5) is 13.7. The molecule has 1 atom stereocenters. The average molecular weight is 275 g/mol. The number of hydrogen-bond acceptors (Lipinski definition) is 2. The lowest BCUT2D eigenvalue weighted by Crippen LogP contribution is -2.25. The summed E-state index contributed by atoms with van der Waals surface area (Å²) in [6.07, 6.45) is 6.42. The smallest absolute Gasteiger partial charge is 0.336 e. The fourth-order valence-electron chi connectivity index (χ4n) is 3.19. The summed E-state index contributed by atoms with van der Waals surface area (Å²) < 4.78 is 0. The van der Waals surface area contributed by atoms with E-state index >= 15 is 0 Å². The van der Waals surface area contributed by atoms with Crippen molar-refractivity contribution in [1.82, 2.24) is 4.90 Å². The number of likely N-dealkylation sites (tertiary alicyclic amines) is 1. The van der Waals surface area contributed by atoms with Gasteiger partial charge in [0.25, 0.3) is 0 Å². The lowest BCUT2D eigenvalue weighted by atomic mass is 9.96. The quantitative estimate of drug-likeness (QED) is 0.889. The predicted molar refractivity (Wildman–Crippen MR) is 80.9 cm³/mol. The summed E-state index contributed by atoms with van der Waals surface area (Å²) >= 11 is 0. The van der Waals surface area contributed by atoms with Crippen molar-refractivity contribution in [2.75, 3.05) is 13.1 Å². The Morgan fingerprint density at radius 2 is 2.10 bits per heavy atom. The maximum atomic E-state index is 11.3. The Morgan fingerprint density at radius 1 is 1.30 bits per heavy atom. The van der Waals surface area contributed by atoms with Crippen LogP contribution in [0.4, 0.5) is 0 Å². The molecule has 20 heavy (non-hydrogen) atoms.